The number of thiazole rings is 1. The average Bonchev–Trinajstić information content (AvgIpc) is 3.44. The summed E-state index contributed by atoms with van der Waals surface area (Å²) >= 11 is 1.29. The van der Waals surface area contributed by atoms with Gasteiger partial charge in [-0.2, -0.15) is 4.98 Å². The molecule has 1 atom stereocenters. The first-order chi connectivity index (χ1) is 14.5. The van der Waals surface area contributed by atoms with Crippen LogP contribution in [0.25, 0.3) is 10.3 Å². The average molecular weight is 435 g/mol. The van der Waals surface area contributed by atoms with Crippen LogP contribution in [0, 0.1) is 5.92 Å². The number of hydrogen-bond donors (Lipinski definition) is 2. The van der Waals surface area contributed by atoms with Crippen molar-refractivity contribution in [2.75, 3.05) is 38.2 Å². The minimum Gasteiger partial charge on any atom is -0.376 e. The molecule has 2 aromatic heterocycles. The first-order valence-corrected chi connectivity index (χ1v) is 11.1. The molecule has 2 aliphatic heterocycles. The molecule has 0 bridgehead atoms. The number of aromatic nitrogens is 3. The van der Waals surface area contributed by atoms with E-state index in [0.717, 1.165) is 37.4 Å². The Bertz CT molecular complexity index is 975. The number of rotatable bonds is 6. The lowest BCUT2D eigenvalue weighted by atomic mass is 9.96. The molecule has 0 unspecified atom stereocenters. The molecule has 10 nitrogen and oxygen atoms in total. The quantitative estimate of drug-likeness (QED) is 0.662. The van der Waals surface area contributed by atoms with Crippen LogP contribution in [0.3, 0.4) is 0 Å². The molecule has 2 aromatic rings. The van der Waals surface area contributed by atoms with E-state index in [1.165, 1.54) is 22.2 Å². The lowest BCUT2D eigenvalue weighted by molar-refractivity contribution is -0.125. The lowest BCUT2D eigenvalue weighted by Crippen LogP contribution is -2.39. The topological polar surface area (TPSA) is 118 Å². The van der Waals surface area contributed by atoms with E-state index in [1.807, 2.05) is 0 Å². The number of carbonyl (C=O) groups is 2. The summed E-state index contributed by atoms with van der Waals surface area (Å²) in [6.45, 7) is 2.52. The second kappa shape index (κ2) is 9.09. The third-order valence-corrected chi connectivity index (χ3v) is 6.71. The first kappa shape index (κ1) is 20.7. The van der Waals surface area contributed by atoms with E-state index in [0.29, 0.717) is 30.0 Å². The summed E-state index contributed by atoms with van der Waals surface area (Å²) in [5.41, 5.74) is 0.126. The van der Waals surface area contributed by atoms with E-state index in [4.69, 9.17) is 4.74 Å². The van der Waals surface area contributed by atoms with Crippen molar-refractivity contribution < 1.29 is 14.3 Å². The normalized spacial score (nSPS) is 19.9. The molecule has 0 spiro atoms. The number of ether oxygens (including phenoxy) is 1. The van der Waals surface area contributed by atoms with Crippen LogP contribution in [0.2, 0.25) is 0 Å². The van der Waals surface area contributed by atoms with Gasteiger partial charge < -0.3 is 20.3 Å². The zero-order chi connectivity index (χ0) is 21.1. The monoisotopic (exact) mass is 434 g/mol. The summed E-state index contributed by atoms with van der Waals surface area (Å²) in [5.74, 6) is -0.153. The molecular formula is C19H26N6O4S. The van der Waals surface area contributed by atoms with Crippen molar-refractivity contribution in [3.63, 3.8) is 0 Å². The van der Waals surface area contributed by atoms with Crippen molar-refractivity contribution in [1.82, 2.24) is 25.2 Å². The minimum absolute atomic E-state index is 0.0177. The second-order valence-electron chi connectivity index (χ2n) is 7.64. The molecule has 2 fully saturated rings. The standard InChI is InChI=1S/C19H26N6O4S/c1-20-17(27)12-4-6-24(7-5-12)19-23-16-15(30-19)18(28)25(11-22-16)10-14(26)21-9-13-3-2-8-29-13/h11-13H,2-10H2,1H3,(H,20,27)(H,21,26)/t13-/m0/s1. The molecule has 2 amide bonds. The number of amides is 2. The minimum atomic E-state index is -0.267. The SMILES string of the molecule is CNC(=O)C1CCN(c2nc3ncn(CC(=O)NC[C@@H]4CCCO4)c(=O)c3s2)CC1. The maximum atomic E-state index is 12.8. The van der Waals surface area contributed by atoms with Gasteiger partial charge in [-0.1, -0.05) is 11.3 Å². The van der Waals surface area contributed by atoms with Gasteiger partial charge in [0.15, 0.2) is 10.8 Å². The van der Waals surface area contributed by atoms with Gasteiger partial charge >= 0.3 is 0 Å². The lowest BCUT2D eigenvalue weighted by Gasteiger charge is -2.30. The maximum Gasteiger partial charge on any atom is 0.273 e. The van der Waals surface area contributed by atoms with Gasteiger partial charge in [0.05, 0.1) is 6.10 Å². The van der Waals surface area contributed by atoms with Gasteiger partial charge in [0.1, 0.15) is 17.6 Å². The predicted octanol–water partition coefficient (Wildman–Crippen LogP) is 0.111. The van der Waals surface area contributed by atoms with Crippen LogP contribution in [-0.2, 0) is 20.9 Å². The molecule has 11 heteroatoms. The van der Waals surface area contributed by atoms with Crippen LogP contribution in [-0.4, -0.2) is 65.7 Å². The summed E-state index contributed by atoms with van der Waals surface area (Å²) in [6.07, 6.45) is 4.88. The molecule has 2 N–H and O–H groups in total. The van der Waals surface area contributed by atoms with Crippen molar-refractivity contribution in [3.05, 3.63) is 16.7 Å². The summed E-state index contributed by atoms with van der Waals surface area (Å²) in [7, 11) is 1.65. The van der Waals surface area contributed by atoms with Crippen LogP contribution in [0.5, 0.6) is 0 Å². The predicted molar refractivity (Wildman–Crippen MR) is 113 cm³/mol. The highest BCUT2D eigenvalue weighted by molar-refractivity contribution is 7.22. The third-order valence-electron chi connectivity index (χ3n) is 5.62. The van der Waals surface area contributed by atoms with Gasteiger partial charge in [0, 0.05) is 39.2 Å². The van der Waals surface area contributed by atoms with Crippen LogP contribution in [0.1, 0.15) is 25.7 Å². The highest BCUT2D eigenvalue weighted by atomic mass is 32.1. The summed E-state index contributed by atoms with van der Waals surface area (Å²) in [6, 6.07) is 0. The van der Waals surface area contributed by atoms with Gasteiger partial charge in [0.25, 0.3) is 5.56 Å². The van der Waals surface area contributed by atoms with Gasteiger partial charge in [-0.3, -0.25) is 19.0 Å². The van der Waals surface area contributed by atoms with E-state index < -0.39 is 0 Å². The number of nitrogens with one attached hydrogen (secondary N) is 2. The molecule has 2 saturated heterocycles. The van der Waals surface area contributed by atoms with Crippen molar-refractivity contribution in [3.8, 4) is 0 Å². The van der Waals surface area contributed by atoms with E-state index in [2.05, 4.69) is 25.5 Å². The number of nitrogens with zero attached hydrogens (tertiary/aromatic N) is 4. The zero-order valence-electron chi connectivity index (χ0n) is 16.9. The fourth-order valence-corrected chi connectivity index (χ4v) is 4.88. The number of carbonyl (C=O) groups excluding carboxylic acids is 2. The van der Waals surface area contributed by atoms with Crippen LogP contribution in [0.4, 0.5) is 5.13 Å². The van der Waals surface area contributed by atoms with Crippen molar-refractivity contribution >= 4 is 38.6 Å². The molecule has 4 heterocycles. The largest absolute Gasteiger partial charge is 0.376 e. The number of anilines is 1. The number of hydrogen-bond acceptors (Lipinski definition) is 8. The molecule has 30 heavy (non-hydrogen) atoms. The Kier molecular flexibility index (Phi) is 6.28. The number of fused-ring (bicyclic) bond motifs is 1. The van der Waals surface area contributed by atoms with Gasteiger partial charge in [0.2, 0.25) is 11.8 Å². The zero-order valence-corrected chi connectivity index (χ0v) is 17.7. The van der Waals surface area contributed by atoms with Gasteiger partial charge in [-0.25, -0.2) is 4.98 Å². The molecule has 0 aliphatic carbocycles. The van der Waals surface area contributed by atoms with Crippen LogP contribution >= 0.6 is 11.3 Å². The summed E-state index contributed by atoms with van der Waals surface area (Å²) < 4.78 is 7.24. The van der Waals surface area contributed by atoms with Crippen molar-refractivity contribution in [2.45, 2.75) is 38.3 Å². The first-order valence-electron chi connectivity index (χ1n) is 10.3. The van der Waals surface area contributed by atoms with E-state index in [-0.39, 0.29) is 35.9 Å². The summed E-state index contributed by atoms with van der Waals surface area (Å²) in [5, 5.41) is 6.25. The van der Waals surface area contributed by atoms with Crippen molar-refractivity contribution in [2.24, 2.45) is 5.92 Å². The molecule has 4 rings (SSSR count). The third kappa shape index (κ3) is 4.46. The Morgan fingerprint density at radius 3 is 2.80 bits per heavy atom. The summed E-state index contributed by atoms with van der Waals surface area (Å²) in [4.78, 5) is 47.7. The van der Waals surface area contributed by atoms with E-state index in [1.54, 1.807) is 7.05 Å². The molecule has 0 aromatic carbocycles. The fraction of sp³-hybridized carbons (Fsp3) is 0.632. The van der Waals surface area contributed by atoms with Crippen LogP contribution in [0.15, 0.2) is 11.1 Å². The molecule has 162 valence electrons. The van der Waals surface area contributed by atoms with Crippen LogP contribution < -0.4 is 21.1 Å². The Balaban J connectivity index is 1.41. The Morgan fingerprint density at radius 1 is 1.30 bits per heavy atom. The van der Waals surface area contributed by atoms with Gasteiger partial charge in [-0.15, -0.1) is 0 Å². The van der Waals surface area contributed by atoms with Crippen molar-refractivity contribution in [1.29, 1.82) is 0 Å². The molecule has 2 aliphatic rings. The maximum absolute atomic E-state index is 12.8. The highest BCUT2D eigenvalue weighted by Gasteiger charge is 2.26. The smallest absolute Gasteiger partial charge is 0.273 e. The Labute approximate surface area is 177 Å². The van der Waals surface area contributed by atoms with E-state index >= 15 is 0 Å². The Morgan fingerprint density at radius 2 is 2.10 bits per heavy atom. The second-order valence-corrected chi connectivity index (χ2v) is 8.62. The number of piperidine rings is 1. The fourth-order valence-electron chi connectivity index (χ4n) is 3.86. The Hall–Kier alpha value is -2.53. The molecule has 0 radical (unpaired) electrons. The molecular weight excluding hydrogens is 408 g/mol. The highest BCUT2D eigenvalue weighted by Crippen LogP contribution is 2.29. The van der Waals surface area contributed by atoms with Gasteiger partial charge in [-0.05, 0) is 25.7 Å². The van der Waals surface area contributed by atoms with E-state index in [9.17, 15) is 14.4 Å². The molecule has 0 saturated carbocycles.